The molecule has 0 saturated carbocycles. The molecule has 8 heteroatoms. The number of carbonyl (C=O) groups excluding carboxylic acids is 2. The van der Waals surface area contributed by atoms with E-state index in [0.717, 1.165) is 70.6 Å². The molecule has 1 N–H and O–H groups in total. The zero-order valence-corrected chi connectivity index (χ0v) is 41.0. The first-order valence-corrected chi connectivity index (χ1v) is 25.1. The van der Waals surface area contributed by atoms with Gasteiger partial charge in [0.05, 0.1) is 34.4 Å². The third-order valence-corrected chi connectivity index (χ3v) is 10.8. The summed E-state index contributed by atoms with van der Waals surface area (Å²) in [4.78, 5) is 37.1. The van der Waals surface area contributed by atoms with Crippen LogP contribution in [0.5, 0.6) is 0 Å². The van der Waals surface area contributed by atoms with Crippen LogP contribution in [0, 0.1) is 0 Å². The Hall–Kier alpha value is -3.49. The van der Waals surface area contributed by atoms with Gasteiger partial charge in [-0.05, 0) is 83.5 Å². The van der Waals surface area contributed by atoms with Crippen LogP contribution in [0.2, 0.25) is 0 Å². The number of allylic oxidation sites excluding steroid dienone is 14. The summed E-state index contributed by atoms with van der Waals surface area (Å²) in [5.41, 5.74) is 0. The van der Waals surface area contributed by atoms with E-state index in [9.17, 15) is 19.5 Å². The van der Waals surface area contributed by atoms with E-state index in [1.165, 1.54) is 83.5 Å². The third-order valence-electron chi connectivity index (χ3n) is 10.8. The standard InChI is InChI=1S/C55H93NO7/c1-6-8-10-12-14-16-18-20-22-24-25-26-27-28-30-32-34-36-38-40-42-44-46-54(58)63-51(49-61-48-47-52(55(59)60)56(3,4)5)50-62-53(57)45-43-41-39-37-35-33-31-29-23-21-19-17-15-13-11-9-7-2/h8,10,14,16,20-23,25-26,31,33,37,39,51-52H,6-7,9,11-13,15,17-19,24,27-30,32,34-36,38,40-50H2,1-5H3/p+1/b10-8+,16-14+,22-20+,23-21+,26-25+,33-31+,39-37+. The Balaban J connectivity index is 4.35. The number of aliphatic carboxylic acids is 1. The second kappa shape index (κ2) is 45.1. The van der Waals surface area contributed by atoms with E-state index in [1.54, 1.807) is 0 Å². The Morgan fingerprint density at radius 2 is 0.905 bits per heavy atom. The highest BCUT2D eigenvalue weighted by atomic mass is 16.6. The monoisotopic (exact) mass is 881 g/mol. The van der Waals surface area contributed by atoms with Crippen molar-refractivity contribution in [3.63, 3.8) is 0 Å². The molecule has 0 aliphatic heterocycles. The van der Waals surface area contributed by atoms with Gasteiger partial charge in [-0.25, -0.2) is 4.79 Å². The highest BCUT2D eigenvalue weighted by Gasteiger charge is 2.31. The van der Waals surface area contributed by atoms with Gasteiger partial charge in [-0.2, -0.15) is 0 Å². The molecule has 0 aromatic heterocycles. The maximum atomic E-state index is 12.8. The van der Waals surface area contributed by atoms with Crippen LogP contribution in [-0.4, -0.2) is 80.6 Å². The largest absolute Gasteiger partial charge is 0.477 e. The quantitative estimate of drug-likeness (QED) is 0.0282. The van der Waals surface area contributed by atoms with Crippen molar-refractivity contribution in [2.24, 2.45) is 0 Å². The number of nitrogens with zero attached hydrogens (tertiary/aromatic N) is 1. The van der Waals surface area contributed by atoms with E-state index >= 15 is 0 Å². The molecule has 8 nitrogen and oxygen atoms in total. The summed E-state index contributed by atoms with van der Waals surface area (Å²) in [5.74, 6) is -1.55. The smallest absolute Gasteiger partial charge is 0.362 e. The summed E-state index contributed by atoms with van der Waals surface area (Å²) in [5, 5.41) is 9.65. The minimum absolute atomic E-state index is 0.0388. The van der Waals surface area contributed by atoms with Gasteiger partial charge in [0.2, 0.25) is 0 Å². The van der Waals surface area contributed by atoms with E-state index in [-0.39, 0.29) is 42.7 Å². The van der Waals surface area contributed by atoms with Crippen molar-refractivity contribution in [1.82, 2.24) is 0 Å². The van der Waals surface area contributed by atoms with Crippen molar-refractivity contribution in [2.75, 3.05) is 41.0 Å². The average molecular weight is 881 g/mol. The predicted octanol–water partition coefficient (Wildman–Crippen LogP) is 14.5. The SMILES string of the molecule is CC/C=C/C/C=C/C/C=C/C/C=C/CCCCCCCCCCCC(=O)OC(COCCC(C(=O)O)[N+](C)(C)C)COC(=O)CCC/C=C/C/C=C/C/C=C/CCCCCCCC. The van der Waals surface area contributed by atoms with Crippen molar-refractivity contribution < 1.29 is 38.2 Å². The van der Waals surface area contributed by atoms with Crippen LogP contribution < -0.4 is 0 Å². The summed E-state index contributed by atoms with van der Waals surface area (Å²) in [6, 6.07) is -0.628. The molecule has 0 rings (SSSR count). The molecule has 0 spiro atoms. The summed E-state index contributed by atoms with van der Waals surface area (Å²) in [6.45, 7) is 4.56. The molecule has 2 unspecified atom stereocenters. The molecular weight excluding hydrogens is 787 g/mol. The first kappa shape index (κ1) is 59.5. The Kier molecular flexibility index (Phi) is 42.6. The van der Waals surface area contributed by atoms with E-state index in [1.807, 2.05) is 21.1 Å². The van der Waals surface area contributed by atoms with Crippen LogP contribution in [0.1, 0.15) is 194 Å². The maximum absolute atomic E-state index is 12.8. The third kappa shape index (κ3) is 43.5. The molecule has 0 aliphatic carbocycles. The van der Waals surface area contributed by atoms with Gasteiger partial charge < -0.3 is 23.8 Å². The van der Waals surface area contributed by atoms with Gasteiger partial charge >= 0.3 is 17.9 Å². The number of rotatable bonds is 44. The van der Waals surface area contributed by atoms with Gasteiger partial charge in [-0.15, -0.1) is 0 Å². The molecule has 0 aliphatic rings. The Labute approximate surface area is 386 Å². The topological polar surface area (TPSA) is 99.1 Å². The molecule has 2 atom stereocenters. The second-order valence-electron chi connectivity index (χ2n) is 17.7. The van der Waals surface area contributed by atoms with E-state index in [2.05, 4.69) is 98.9 Å². The summed E-state index contributed by atoms with van der Waals surface area (Å²) in [7, 11) is 5.51. The molecule has 360 valence electrons. The lowest BCUT2D eigenvalue weighted by molar-refractivity contribution is -0.887. The molecular formula is C55H94NO7+. The lowest BCUT2D eigenvalue weighted by atomic mass is 10.1. The number of carboxylic acids is 1. The van der Waals surface area contributed by atoms with Crippen LogP contribution >= 0.6 is 0 Å². The van der Waals surface area contributed by atoms with E-state index in [4.69, 9.17) is 14.2 Å². The van der Waals surface area contributed by atoms with Crippen LogP contribution in [0.25, 0.3) is 0 Å². The molecule has 63 heavy (non-hydrogen) atoms. The highest BCUT2D eigenvalue weighted by molar-refractivity contribution is 5.72. The molecule has 0 saturated heterocycles. The summed E-state index contributed by atoms with van der Waals surface area (Å²) < 4.78 is 17.3. The number of quaternary nitrogens is 1. The number of likely N-dealkylation sites (N-methyl/N-ethyl adjacent to an activating group) is 1. The predicted molar refractivity (Wildman–Crippen MR) is 266 cm³/mol. The van der Waals surface area contributed by atoms with Crippen LogP contribution in [0.4, 0.5) is 0 Å². The van der Waals surface area contributed by atoms with Gasteiger partial charge in [-0.3, -0.25) is 9.59 Å². The van der Waals surface area contributed by atoms with Crippen molar-refractivity contribution in [2.45, 2.75) is 206 Å². The summed E-state index contributed by atoms with van der Waals surface area (Å²) in [6.07, 6.45) is 59.2. The highest BCUT2D eigenvalue weighted by Crippen LogP contribution is 2.14. The number of hydrogen-bond donors (Lipinski definition) is 1. The average Bonchev–Trinajstić information content (AvgIpc) is 3.24. The molecule has 0 heterocycles. The van der Waals surface area contributed by atoms with Crippen LogP contribution in [-0.2, 0) is 28.6 Å². The van der Waals surface area contributed by atoms with Gasteiger partial charge in [0, 0.05) is 19.3 Å². The van der Waals surface area contributed by atoms with Crippen molar-refractivity contribution in [3.05, 3.63) is 85.1 Å². The number of unbranched alkanes of at least 4 members (excludes halogenated alkanes) is 16. The fourth-order valence-electron chi connectivity index (χ4n) is 6.92. The fraction of sp³-hybridized carbons (Fsp3) is 0.691. The minimum atomic E-state index is -0.885. The maximum Gasteiger partial charge on any atom is 0.362 e. The normalized spacial score (nSPS) is 13.6. The molecule has 0 amide bonds. The first-order valence-electron chi connectivity index (χ1n) is 25.1. The van der Waals surface area contributed by atoms with Gasteiger partial charge in [0.15, 0.2) is 12.1 Å². The zero-order valence-electron chi connectivity index (χ0n) is 41.0. The molecule has 0 aromatic rings. The minimum Gasteiger partial charge on any atom is -0.477 e. The van der Waals surface area contributed by atoms with Crippen LogP contribution in [0.3, 0.4) is 0 Å². The number of carbonyl (C=O) groups is 3. The summed E-state index contributed by atoms with van der Waals surface area (Å²) >= 11 is 0. The molecule has 0 fully saturated rings. The Morgan fingerprint density at radius 1 is 0.492 bits per heavy atom. The van der Waals surface area contributed by atoms with Crippen molar-refractivity contribution >= 4 is 17.9 Å². The van der Waals surface area contributed by atoms with Crippen molar-refractivity contribution in [3.8, 4) is 0 Å². The lowest BCUT2D eigenvalue weighted by Gasteiger charge is -2.31. The molecule has 0 bridgehead atoms. The Morgan fingerprint density at radius 3 is 1.37 bits per heavy atom. The first-order chi connectivity index (χ1) is 30.6. The van der Waals surface area contributed by atoms with E-state index < -0.39 is 18.1 Å². The van der Waals surface area contributed by atoms with Crippen molar-refractivity contribution in [1.29, 1.82) is 0 Å². The van der Waals surface area contributed by atoms with E-state index in [0.29, 0.717) is 19.3 Å². The fourth-order valence-corrected chi connectivity index (χ4v) is 6.92. The lowest BCUT2D eigenvalue weighted by Crippen LogP contribution is -2.50. The Bertz CT molecular complexity index is 1300. The van der Waals surface area contributed by atoms with Crippen LogP contribution in [0.15, 0.2) is 85.1 Å². The molecule has 0 radical (unpaired) electrons. The number of carboxylic acid groups (broad SMARTS) is 1. The van der Waals surface area contributed by atoms with Gasteiger partial charge in [-0.1, -0.05) is 176 Å². The second-order valence-corrected chi connectivity index (χ2v) is 17.7. The number of esters is 2. The molecule has 0 aromatic carbocycles. The van der Waals surface area contributed by atoms with Gasteiger partial charge in [0.1, 0.15) is 6.61 Å². The zero-order chi connectivity index (χ0) is 46.3. The number of hydrogen-bond acceptors (Lipinski definition) is 6. The number of ether oxygens (including phenoxy) is 3. The van der Waals surface area contributed by atoms with Gasteiger partial charge in [0.25, 0.3) is 0 Å².